The predicted octanol–water partition coefficient (Wildman–Crippen LogP) is 6.04. The fourth-order valence-electron chi connectivity index (χ4n) is 2.76. The minimum absolute atomic E-state index is 0.257. The quantitative estimate of drug-likeness (QED) is 0.428. The van der Waals surface area contributed by atoms with Gasteiger partial charge in [-0.25, -0.2) is 0 Å². The minimum Gasteiger partial charge on any atom is -0.342 e. The number of aromatic nitrogens is 3. The highest BCUT2D eigenvalue weighted by Crippen LogP contribution is 2.27. The van der Waals surface area contributed by atoms with Crippen molar-refractivity contribution in [3.8, 4) is 0 Å². The fraction of sp³-hybridized carbons (Fsp3) is 0.250. The number of carbonyl (C=O) groups is 1. The van der Waals surface area contributed by atoms with E-state index in [9.17, 15) is 4.79 Å². The molecule has 1 heterocycles. The molecule has 2 aromatic carbocycles. The molecule has 1 N–H and O–H groups in total. The maximum absolute atomic E-state index is 12.6. The van der Waals surface area contributed by atoms with Gasteiger partial charge < -0.3 is 9.88 Å². The van der Waals surface area contributed by atoms with E-state index in [0.717, 1.165) is 15.7 Å². The highest BCUT2D eigenvalue weighted by atomic mass is 35.5. The van der Waals surface area contributed by atoms with Gasteiger partial charge in [-0.3, -0.25) is 4.79 Å². The molecule has 0 unspecified atom stereocenters. The van der Waals surface area contributed by atoms with Crippen LogP contribution in [0.2, 0.25) is 15.1 Å². The Morgan fingerprint density at radius 2 is 1.86 bits per heavy atom. The van der Waals surface area contributed by atoms with Gasteiger partial charge in [0.05, 0.1) is 16.1 Å². The average Bonchev–Trinajstić information content (AvgIpc) is 3.12. The Bertz CT molecular complexity index is 1020. The van der Waals surface area contributed by atoms with Crippen molar-refractivity contribution in [3.05, 3.63) is 74.5 Å². The molecule has 29 heavy (non-hydrogen) atoms. The van der Waals surface area contributed by atoms with E-state index >= 15 is 0 Å². The van der Waals surface area contributed by atoms with E-state index in [0.29, 0.717) is 33.7 Å². The zero-order valence-electron chi connectivity index (χ0n) is 15.8. The number of thioether (sulfide) groups is 1. The number of nitrogens with one attached hydrogen (secondary N) is 1. The second kappa shape index (κ2) is 9.85. The normalized spacial score (nSPS) is 12.0. The smallest absolute Gasteiger partial charge is 0.251 e. The maximum atomic E-state index is 12.6. The molecule has 0 aliphatic carbocycles. The molecular weight excluding hydrogens is 451 g/mol. The monoisotopic (exact) mass is 468 g/mol. The summed E-state index contributed by atoms with van der Waals surface area (Å²) < 4.78 is 1.99. The molecule has 3 rings (SSSR count). The number of halogens is 3. The van der Waals surface area contributed by atoms with Crippen molar-refractivity contribution in [2.24, 2.45) is 0 Å². The van der Waals surface area contributed by atoms with E-state index in [-0.39, 0.29) is 11.9 Å². The van der Waals surface area contributed by atoms with Gasteiger partial charge in [-0.2, -0.15) is 0 Å². The predicted molar refractivity (Wildman–Crippen MR) is 119 cm³/mol. The molecular formula is C20H19Cl3N4OS. The van der Waals surface area contributed by atoms with Crippen LogP contribution < -0.4 is 5.32 Å². The van der Waals surface area contributed by atoms with Gasteiger partial charge in [0.1, 0.15) is 0 Å². The van der Waals surface area contributed by atoms with Crippen molar-refractivity contribution < 1.29 is 4.79 Å². The lowest BCUT2D eigenvalue weighted by atomic mass is 10.2. The first-order chi connectivity index (χ1) is 13.9. The van der Waals surface area contributed by atoms with Gasteiger partial charge in [0.25, 0.3) is 5.91 Å². The van der Waals surface area contributed by atoms with Gasteiger partial charge in [0.2, 0.25) is 0 Å². The summed E-state index contributed by atoms with van der Waals surface area (Å²) in [6, 6.07) is 12.2. The van der Waals surface area contributed by atoms with E-state index in [1.807, 2.05) is 42.7 Å². The third kappa shape index (κ3) is 5.25. The summed E-state index contributed by atoms with van der Waals surface area (Å²) in [7, 11) is 0. The first-order valence-electron chi connectivity index (χ1n) is 8.96. The molecule has 0 saturated carbocycles. The summed E-state index contributed by atoms with van der Waals surface area (Å²) >= 11 is 19.7. The third-order valence-electron chi connectivity index (χ3n) is 4.29. The van der Waals surface area contributed by atoms with Gasteiger partial charge in [0, 0.05) is 22.9 Å². The molecule has 1 amide bonds. The molecule has 1 aromatic heterocycles. The topological polar surface area (TPSA) is 59.8 Å². The van der Waals surface area contributed by atoms with E-state index < -0.39 is 0 Å². The highest BCUT2D eigenvalue weighted by Gasteiger charge is 2.20. The number of nitrogens with zero attached hydrogens (tertiary/aromatic N) is 3. The van der Waals surface area contributed by atoms with Crippen molar-refractivity contribution in [1.29, 1.82) is 0 Å². The molecule has 9 heteroatoms. The van der Waals surface area contributed by atoms with E-state index in [1.165, 1.54) is 0 Å². The Hall–Kier alpha value is -1.73. The van der Waals surface area contributed by atoms with E-state index in [1.54, 1.807) is 30.0 Å². The first kappa shape index (κ1) is 22.0. The number of hydrogen-bond acceptors (Lipinski definition) is 4. The molecule has 0 fully saturated rings. The van der Waals surface area contributed by atoms with Crippen molar-refractivity contribution >= 4 is 52.5 Å². The fourth-order valence-corrected chi connectivity index (χ4v) is 4.36. The summed E-state index contributed by atoms with van der Waals surface area (Å²) in [5.41, 5.74) is 1.47. The summed E-state index contributed by atoms with van der Waals surface area (Å²) in [6.45, 7) is 4.56. The Labute approximate surface area is 188 Å². The highest BCUT2D eigenvalue weighted by molar-refractivity contribution is 7.98. The van der Waals surface area contributed by atoms with Gasteiger partial charge in [-0.15, -0.1) is 10.2 Å². The summed E-state index contributed by atoms with van der Waals surface area (Å²) in [4.78, 5) is 12.6. The first-order valence-corrected chi connectivity index (χ1v) is 11.1. The lowest BCUT2D eigenvalue weighted by Crippen LogP contribution is -2.28. The second-order valence-corrected chi connectivity index (χ2v) is 8.45. The van der Waals surface area contributed by atoms with Crippen LogP contribution in [0, 0.1) is 0 Å². The number of hydrogen-bond donors (Lipinski definition) is 1. The van der Waals surface area contributed by atoms with E-state index in [2.05, 4.69) is 15.5 Å². The molecule has 3 aromatic rings. The van der Waals surface area contributed by atoms with Crippen molar-refractivity contribution in [3.63, 3.8) is 0 Å². The largest absolute Gasteiger partial charge is 0.342 e. The molecule has 0 bridgehead atoms. The van der Waals surface area contributed by atoms with Crippen LogP contribution in [0.4, 0.5) is 0 Å². The molecule has 5 nitrogen and oxygen atoms in total. The molecule has 0 radical (unpaired) electrons. The molecule has 0 saturated heterocycles. The number of benzene rings is 2. The molecule has 152 valence electrons. The Morgan fingerprint density at radius 3 is 2.55 bits per heavy atom. The number of amides is 1. The lowest BCUT2D eigenvalue weighted by molar-refractivity contribution is 0.0937. The maximum Gasteiger partial charge on any atom is 0.251 e. The van der Waals surface area contributed by atoms with Gasteiger partial charge in [-0.1, -0.05) is 64.8 Å². The SMILES string of the molecule is CCn1c(SCc2ccccc2Cl)nnc1[C@H](C)NC(=O)c1ccc(Cl)c(Cl)c1. The van der Waals surface area contributed by atoms with Crippen LogP contribution >= 0.6 is 46.6 Å². The van der Waals surface area contributed by atoms with Crippen molar-refractivity contribution in [1.82, 2.24) is 20.1 Å². The van der Waals surface area contributed by atoms with Crippen molar-refractivity contribution in [2.75, 3.05) is 0 Å². The van der Waals surface area contributed by atoms with Gasteiger partial charge in [-0.05, 0) is 43.7 Å². The number of carbonyl (C=O) groups excluding carboxylic acids is 1. The summed E-state index contributed by atoms with van der Waals surface area (Å²) in [5.74, 6) is 1.11. The molecule has 0 aliphatic heterocycles. The van der Waals surface area contributed by atoms with Crippen LogP contribution in [0.25, 0.3) is 0 Å². The molecule has 1 atom stereocenters. The lowest BCUT2D eigenvalue weighted by Gasteiger charge is -2.15. The standard InChI is InChI=1S/C20H19Cl3N4OS/c1-3-27-18(12(2)24-19(28)13-8-9-16(22)17(23)10-13)25-26-20(27)29-11-14-6-4-5-7-15(14)21/h4-10,12H,3,11H2,1-2H3,(H,24,28)/t12-/m0/s1. The van der Waals surface area contributed by atoms with Gasteiger partial charge in [0.15, 0.2) is 11.0 Å². The zero-order valence-corrected chi connectivity index (χ0v) is 18.9. The van der Waals surface area contributed by atoms with Crippen LogP contribution in [0.15, 0.2) is 47.6 Å². The average molecular weight is 470 g/mol. The van der Waals surface area contributed by atoms with Crippen LogP contribution in [0.1, 0.15) is 41.6 Å². The minimum atomic E-state index is -0.334. The second-order valence-electron chi connectivity index (χ2n) is 6.29. The third-order valence-corrected chi connectivity index (χ3v) is 6.42. The summed E-state index contributed by atoms with van der Waals surface area (Å²) in [6.07, 6.45) is 0. The zero-order chi connectivity index (χ0) is 21.0. The van der Waals surface area contributed by atoms with Crippen LogP contribution in [0.3, 0.4) is 0 Å². The van der Waals surface area contributed by atoms with Crippen molar-refractivity contribution in [2.45, 2.75) is 37.3 Å². The summed E-state index contributed by atoms with van der Waals surface area (Å²) in [5, 5.41) is 13.8. The number of rotatable bonds is 7. The van der Waals surface area contributed by atoms with Gasteiger partial charge >= 0.3 is 0 Å². The Balaban J connectivity index is 1.72. The molecule has 0 spiro atoms. The van der Waals surface area contributed by atoms with Crippen LogP contribution in [-0.2, 0) is 12.3 Å². The van der Waals surface area contributed by atoms with Crippen LogP contribution in [-0.4, -0.2) is 20.7 Å². The van der Waals surface area contributed by atoms with Crippen LogP contribution in [0.5, 0.6) is 0 Å². The molecule has 0 aliphatic rings. The Morgan fingerprint density at radius 1 is 1.10 bits per heavy atom. The Kier molecular flexibility index (Phi) is 7.46. The van der Waals surface area contributed by atoms with E-state index in [4.69, 9.17) is 34.8 Å².